The molecule has 0 amide bonds. The predicted octanol–water partition coefficient (Wildman–Crippen LogP) is -3.67. The van der Waals surface area contributed by atoms with Crippen molar-refractivity contribution in [3.8, 4) is 0 Å². The van der Waals surface area contributed by atoms with Crippen LogP contribution in [0, 0.1) is 0 Å². The van der Waals surface area contributed by atoms with E-state index in [0.29, 0.717) is 0 Å². The van der Waals surface area contributed by atoms with Gasteiger partial charge < -0.3 is 0 Å². The SMILES string of the molecule is O=S(=O)(O)O.[AlH3].[AlH3].[KH]. The molecule has 0 aromatic carbocycles. The van der Waals surface area contributed by atoms with E-state index in [-0.39, 0.29) is 86.1 Å². The van der Waals surface area contributed by atoms with Gasteiger partial charge in [-0.1, -0.05) is 0 Å². The van der Waals surface area contributed by atoms with Gasteiger partial charge in [-0.05, 0) is 0 Å². The Hall–Kier alpha value is 2.57. The third-order valence-electron chi connectivity index (χ3n) is 0. The van der Waals surface area contributed by atoms with Gasteiger partial charge in [-0.3, -0.25) is 9.11 Å². The fourth-order valence-corrected chi connectivity index (χ4v) is 0. The fourth-order valence-electron chi connectivity index (χ4n) is 0. The second-order valence-electron chi connectivity index (χ2n) is 0.448. The van der Waals surface area contributed by atoms with Gasteiger partial charge in [0.15, 0.2) is 34.7 Å². The number of rotatable bonds is 0. The van der Waals surface area contributed by atoms with Gasteiger partial charge in [0.2, 0.25) is 0 Å². The first-order valence-corrected chi connectivity index (χ1v) is 2.10. The molecule has 0 fully saturated rings. The molecule has 0 unspecified atom stereocenters. The first-order chi connectivity index (χ1) is 2.00. The van der Waals surface area contributed by atoms with Crippen molar-refractivity contribution in [1.29, 1.82) is 0 Å². The summed E-state index contributed by atoms with van der Waals surface area (Å²) < 4.78 is 31.6. The Kier molecular flexibility index (Phi) is 26.8. The van der Waals surface area contributed by atoms with Crippen LogP contribution in [-0.2, 0) is 10.4 Å². The van der Waals surface area contributed by atoms with Crippen molar-refractivity contribution in [2.24, 2.45) is 0 Å². The molecule has 8 heavy (non-hydrogen) atoms. The first kappa shape index (κ1) is 22.4. The maximum absolute atomic E-state index is 8.74. The Bertz CT molecular complexity index is 97.2. The third kappa shape index (κ3) is 74.3. The summed E-state index contributed by atoms with van der Waals surface area (Å²) in [6.45, 7) is 0. The van der Waals surface area contributed by atoms with Gasteiger partial charge in [0.1, 0.15) is 0 Å². The molecular weight excluding hydrogens is 189 g/mol. The predicted molar refractivity (Wildman–Crippen MR) is 41.2 cm³/mol. The van der Waals surface area contributed by atoms with E-state index in [2.05, 4.69) is 0 Å². The zero-order valence-electron chi connectivity index (χ0n) is 2.12. The molecule has 0 heterocycles. The van der Waals surface area contributed by atoms with E-state index in [1.54, 1.807) is 0 Å². The minimum atomic E-state index is -4.67. The fraction of sp³-hybridized carbons (Fsp3) is 0. The van der Waals surface area contributed by atoms with Crippen LogP contribution >= 0.6 is 0 Å². The zero-order valence-corrected chi connectivity index (χ0v) is 2.94. The summed E-state index contributed by atoms with van der Waals surface area (Å²) in [5, 5.41) is 0. The normalized spacial score (nSPS) is 7.25. The van der Waals surface area contributed by atoms with E-state index in [4.69, 9.17) is 17.5 Å². The van der Waals surface area contributed by atoms with Crippen LogP contribution in [0.2, 0.25) is 0 Å². The van der Waals surface area contributed by atoms with Crippen molar-refractivity contribution in [1.82, 2.24) is 0 Å². The van der Waals surface area contributed by atoms with Crippen LogP contribution in [0.1, 0.15) is 0 Å². The van der Waals surface area contributed by atoms with E-state index in [1.165, 1.54) is 0 Å². The molecule has 0 aliphatic rings. The topological polar surface area (TPSA) is 74.6 Å². The molecule has 0 aromatic rings. The van der Waals surface area contributed by atoms with E-state index in [1.807, 2.05) is 0 Å². The summed E-state index contributed by atoms with van der Waals surface area (Å²) in [4.78, 5) is 0. The van der Waals surface area contributed by atoms with E-state index < -0.39 is 10.4 Å². The van der Waals surface area contributed by atoms with Crippen molar-refractivity contribution in [3.05, 3.63) is 0 Å². The Balaban J connectivity index is -0.0000000267. The Labute approximate surface area is 112 Å². The third-order valence-corrected chi connectivity index (χ3v) is 0. The van der Waals surface area contributed by atoms with Gasteiger partial charge in [-0.25, -0.2) is 0 Å². The summed E-state index contributed by atoms with van der Waals surface area (Å²) in [5.41, 5.74) is 0. The van der Waals surface area contributed by atoms with Crippen LogP contribution in [0.3, 0.4) is 0 Å². The molecule has 0 aliphatic carbocycles. The van der Waals surface area contributed by atoms with Crippen LogP contribution in [0.25, 0.3) is 0 Å². The van der Waals surface area contributed by atoms with Gasteiger partial charge in [0.25, 0.3) is 0 Å². The second kappa shape index (κ2) is 9.57. The van der Waals surface area contributed by atoms with Crippen LogP contribution in [0.15, 0.2) is 0 Å². The molecule has 2 N–H and O–H groups in total. The van der Waals surface area contributed by atoms with Crippen molar-refractivity contribution >= 4 is 96.5 Å². The van der Waals surface area contributed by atoms with Crippen LogP contribution < -0.4 is 0 Å². The quantitative estimate of drug-likeness (QED) is 0.311. The van der Waals surface area contributed by atoms with Gasteiger partial charge in [0.05, 0.1) is 0 Å². The van der Waals surface area contributed by atoms with Crippen LogP contribution in [-0.4, -0.2) is 104 Å². The molecule has 0 saturated carbocycles. The molecule has 4 nitrogen and oxygen atoms in total. The Morgan fingerprint density at radius 1 is 1.00 bits per heavy atom. The number of hydrogen-bond donors (Lipinski definition) is 2. The molecule has 0 spiro atoms. The summed E-state index contributed by atoms with van der Waals surface area (Å²) in [6.07, 6.45) is 0. The minimum absolute atomic E-state index is 0. The summed E-state index contributed by atoms with van der Waals surface area (Å²) in [7, 11) is -4.67. The van der Waals surface area contributed by atoms with Gasteiger partial charge in [-0.15, -0.1) is 0 Å². The molecule has 0 bridgehead atoms. The van der Waals surface area contributed by atoms with Gasteiger partial charge in [0, 0.05) is 0 Å². The monoisotopic (exact) mass is 198 g/mol. The summed E-state index contributed by atoms with van der Waals surface area (Å²) in [6, 6.07) is 0. The van der Waals surface area contributed by atoms with Crippen molar-refractivity contribution in [2.75, 3.05) is 0 Å². The maximum atomic E-state index is 8.74. The van der Waals surface area contributed by atoms with Gasteiger partial charge in [-0.2, -0.15) is 8.42 Å². The molecule has 46 valence electrons. The zero-order chi connectivity index (χ0) is 4.50. The number of hydrogen-bond acceptors (Lipinski definition) is 2. The average molecular weight is 198 g/mol. The van der Waals surface area contributed by atoms with E-state index in [9.17, 15) is 0 Å². The summed E-state index contributed by atoms with van der Waals surface area (Å²) in [5.74, 6) is 0. The molecule has 0 saturated heterocycles. The summed E-state index contributed by atoms with van der Waals surface area (Å²) >= 11 is 0. The van der Waals surface area contributed by atoms with Crippen molar-refractivity contribution in [2.45, 2.75) is 0 Å². The molecule has 0 atom stereocenters. The van der Waals surface area contributed by atoms with Crippen LogP contribution in [0.5, 0.6) is 0 Å². The van der Waals surface area contributed by atoms with Gasteiger partial charge >= 0.3 is 61.8 Å². The van der Waals surface area contributed by atoms with Crippen molar-refractivity contribution in [3.63, 3.8) is 0 Å². The first-order valence-electron chi connectivity index (χ1n) is 0.698. The molecule has 0 aliphatic heterocycles. The van der Waals surface area contributed by atoms with Crippen LogP contribution in [0.4, 0.5) is 0 Å². The Morgan fingerprint density at radius 2 is 1.00 bits per heavy atom. The second-order valence-corrected chi connectivity index (χ2v) is 1.34. The molecule has 0 radical (unpaired) electrons. The standard InChI is InChI=1S/2Al.K.H2O4S.7H/c;;;1-5(2,3)4;;;;;;;/h;;;(H2,1,2,3,4);;;;;;;. The van der Waals surface area contributed by atoms with E-state index in [0.717, 1.165) is 0 Å². The molecular formula is H9Al2KO4S. The van der Waals surface area contributed by atoms with Crippen molar-refractivity contribution < 1.29 is 17.5 Å². The molecule has 8 heteroatoms. The molecule has 0 rings (SSSR count). The average Bonchev–Trinajstić information content (AvgIpc) is 0.722. The Morgan fingerprint density at radius 3 is 1.00 bits per heavy atom. The molecule has 0 aromatic heterocycles. The van der Waals surface area contributed by atoms with E-state index >= 15 is 0 Å².